The number of thioether (sulfide) groups is 1. The summed E-state index contributed by atoms with van der Waals surface area (Å²) in [5, 5.41) is 20.6. The fourth-order valence-corrected chi connectivity index (χ4v) is 5.90. The zero-order valence-corrected chi connectivity index (χ0v) is 18.9. The molecule has 1 aromatic carbocycles. The SMILES string of the molecule is Cc1cc(O)c(C(C)C)cc1-c1csc(N2C(=O)C(CC(=O)O)SC2c2ccco2)n1. The van der Waals surface area contributed by atoms with Gasteiger partial charge in [-0.15, -0.1) is 23.1 Å². The summed E-state index contributed by atoms with van der Waals surface area (Å²) in [4.78, 5) is 30.6. The van der Waals surface area contributed by atoms with Gasteiger partial charge in [0.15, 0.2) is 5.13 Å². The second kappa shape index (κ2) is 8.39. The number of benzene rings is 1. The topological polar surface area (TPSA) is 104 Å². The Morgan fingerprint density at radius 1 is 1.35 bits per heavy atom. The molecule has 9 heteroatoms. The molecule has 1 amide bonds. The van der Waals surface area contributed by atoms with Crippen LogP contribution in [-0.4, -0.2) is 32.3 Å². The second-order valence-corrected chi connectivity index (χ2v) is 9.82. The number of aliphatic carboxylic acids is 1. The summed E-state index contributed by atoms with van der Waals surface area (Å²) in [7, 11) is 0. The Kier molecular flexibility index (Phi) is 5.81. The molecule has 0 spiro atoms. The first-order valence-electron chi connectivity index (χ1n) is 9.79. The molecule has 0 saturated carbocycles. The fraction of sp³-hybridized carbons (Fsp3) is 0.318. The highest BCUT2D eigenvalue weighted by atomic mass is 32.2. The Balaban J connectivity index is 1.72. The molecule has 162 valence electrons. The molecular weight excluding hydrogens is 436 g/mol. The molecule has 31 heavy (non-hydrogen) atoms. The standard InChI is InChI=1S/C22H22N2O5S2/c1-11(2)13-8-14(12(3)7-16(13)25)15-10-30-22(23-15)24-20(28)18(9-19(26)27)31-21(24)17-5-4-6-29-17/h4-8,10-11,18,21,25H,9H2,1-3H3,(H,26,27). The van der Waals surface area contributed by atoms with E-state index in [0.29, 0.717) is 16.6 Å². The number of thiazole rings is 1. The molecule has 1 fully saturated rings. The number of aromatic nitrogens is 1. The monoisotopic (exact) mass is 458 g/mol. The minimum atomic E-state index is -1.02. The van der Waals surface area contributed by atoms with Gasteiger partial charge in [-0.3, -0.25) is 14.5 Å². The summed E-state index contributed by atoms with van der Waals surface area (Å²) in [6, 6.07) is 7.18. The van der Waals surface area contributed by atoms with Crippen LogP contribution in [0.15, 0.2) is 40.3 Å². The Morgan fingerprint density at radius 2 is 2.13 bits per heavy atom. The van der Waals surface area contributed by atoms with Crippen LogP contribution in [0.1, 0.15) is 48.4 Å². The number of hydrogen-bond acceptors (Lipinski definition) is 7. The fourth-order valence-electron chi connectivity index (χ4n) is 3.61. The van der Waals surface area contributed by atoms with E-state index in [9.17, 15) is 19.8 Å². The first-order chi connectivity index (χ1) is 14.8. The van der Waals surface area contributed by atoms with Gasteiger partial charge in [0.25, 0.3) is 0 Å². The second-order valence-electron chi connectivity index (χ2n) is 7.69. The van der Waals surface area contributed by atoms with Gasteiger partial charge in [0.2, 0.25) is 5.91 Å². The van der Waals surface area contributed by atoms with Gasteiger partial charge < -0.3 is 14.6 Å². The van der Waals surface area contributed by atoms with Crippen LogP contribution in [-0.2, 0) is 9.59 Å². The largest absolute Gasteiger partial charge is 0.508 e. The van der Waals surface area contributed by atoms with Crippen LogP contribution in [0.2, 0.25) is 0 Å². The Labute approximate surface area is 187 Å². The molecule has 3 aromatic rings. The van der Waals surface area contributed by atoms with Crippen molar-refractivity contribution in [2.75, 3.05) is 4.90 Å². The summed E-state index contributed by atoms with van der Waals surface area (Å²) in [5.74, 6) is -0.334. The van der Waals surface area contributed by atoms with E-state index in [1.807, 2.05) is 32.2 Å². The summed E-state index contributed by atoms with van der Waals surface area (Å²) >= 11 is 2.58. The highest BCUT2D eigenvalue weighted by Crippen LogP contribution is 2.48. The third kappa shape index (κ3) is 4.07. The minimum Gasteiger partial charge on any atom is -0.508 e. The summed E-state index contributed by atoms with van der Waals surface area (Å²) in [6.07, 6.45) is 1.27. The van der Waals surface area contributed by atoms with E-state index in [1.54, 1.807) is 18.2 Å². The number of carbonyl (C=O) groups is 2. The van der Waals surface area contributed by atoms with E-state index in [-0.39, 0.29) is 24.0 Å². The predicted octanol–water partition coefficient (Wildman–Crippen LogP) is 5.16. The zero-order valence-electron chi connectivity index (χ0n) is 17.2. The number of phenolic OH excluding ortho intramolecular Hbond substituents is 1. The zero-order chi connectivity index (χ0) is 22.3. The van der Waals surface area contributed by atoms with Crippen molar-refractivity contribution in [3.63, 3.8) is 0 Å². The van der Waals surface area contributed by atoms with Crippen molar-refractivity contribution >= 4 is 40.1 Å². The molecule has 0 aliphatic carbocycles. The van der Waals surface area contributed by atoms with Crippen molar-refractivity contribution in [3.8, 4) is 17.0 Å². The molecule has 7 nitrogen and oxygen atoms in total. The Morgan fingerprint density at radius 3 is 2.77 bits per heavy atom. The summed E-state index contributed by atoms with van der Waals surface area (Å²) in [5.41, 5.74) is 3.31. The third-order valence-electron chi connectivity index (χ3n) is 5.16. The number of amides is 1. The molecule has 2 unspecified atom stereocenters. The van der Waals surface area contributed by atoms with Crippen LogP contribution < -0.4 is 4.90 Å². The van der Waals surface area contributed by atoms with Crippen LogP contribution in [0, 0.1) is 6.92 Å². The van der Waals surface area contributed by atoms with E-state index in [4.69, 9.17) is 9.40 Å². The number of nitrogens with zero attached hydrogens (tertiary/aromatic N) is 2. The van der Waals surface area contributed by atoms with E-state index in [2.05, 4.69) is 0 Å². The lowest BCUT2D eigenvalue weighted by Gasteiger charge is -2.19. The Bertz CT molecular complexity index is 1120. The minimum absolute atomic E-state index is 0.147. The number of furan rings is 1. The number of phenols is 1. The molecule has 0 bridgehead atoms. The molecule has 3 heterocycles. The Hall–Kier alpha value is -2.78. The van der Waals surface area contributed by atoms with Gasteiger partial charge in [-0.25, -0.2) is 4.98 Å². The molecule has 4 rings (SSSR count). The van der Waals surface area contributed by atoms with Crippen molar-refractivity contribution in [2.45, 2.75) is 43.7 Å². The van der Waals surface area contributed by atoms with Gasteiger partial charge in [-0.2, -0.15) is 0 Å². The molecular formula is C22H22N2O5S2. The molecule has 0 radical (unpaired) electrons. The highest BCUT2D eigenvalue weighted by Gasteiger charge is 2.45. The van der Waals surface area contributed by atoms with Gasteiger partial charge >= 0.3 is 5.97 Å². The first kappa shape index (κ1) is 21.5. The number of rotatable bonds is 6. The van der Waals surface area contributed by atoms with Crippen LogP contribution in [0.3, 0.4) is 0 Å². The molecule has 2 N–H and O–H groups in total. The lowest BCUT2D eigenvalue weighted by Crippen LogP contribution is -2.31. The third-order valence-corrected chi connectivity index (χ3v) is 7.39. The van der Waals surface area contributed by atoms with E-state index >= 15 is 0 Å². The van der Waals surface area contributed by atoms with Crippen LogP contribution in [0.5, 0.6) is 5.75 Å². The van der Waals surface area contributed by atoms with Gasteiger partial charge in [0.05, 0.1) is 23.6 Å². The lowest BCUT2D eigenvalue weighted by molar-refractivity contribution is -0.138. The lowest BCUT2D eigenvalue weighted by atomic mass is 9.95. The van der Waals surface area contributed by atoms with Gasteiger partial charge in [0.1, 0.15) is 16.9 Å². The number of anilines is 1. The molecule has 2 atom stereocenters. The maximum atomic E-state index is 13.1. The number of hydrogen-bond donors (Lipinski definition) is 2. The average molecular weight is 459 g/mol. The summed E-state index contributed by atoms with van der Waals surface area (Å²) < 4.78 is 5.52. The van der Waals surface area contributed by atoms with Crippen LogP contribution in [0.4, 0.5) is 5.13 Å². The predicted molar refractivity (Wildman–Crippen MR) is 121 cm³/mol. The quantitative estimate of drug-likeness (QED) is 0.526. The van der Waals surface area contributed by atoms with Crippen molar-refractivity contribution in [2.24, 2.45) is 0 Å². The summed E-state index contributed by atoms with van der Waals surface area (Å²) in [6.45, 7) is 5.93. The van der Waals surface area contributed by atoms with E-state index < -0.39 is 16.6 Å². The van der Waals surface area contributed by atoms with Crippen molar-refractivity contribution in [1.82, 2.24) is 4.98 Å². The number of aryl methyl sites for hydroxylation is 1. The maximum absolute atomic E-state index is 13.1. The van der Waals surface area contributed by atoms with Gasteiger partial charge in [-0.05, 0) is 48.2 Å². The van der Waals surface area contributed by atoms with Gasteiger partial charge in [0, 0.05) is 10.9 Å². The number of aromatic hydroxyl groups is 1. The molecule has 1 aliphatic heterocycles. The van der Waals surface area contributed by atoms with Crippen molar-refractivity contribution < 1.29 is 24.2 Å². The molecule has 2 aromatic heterocycles. The van der Waals surface area contributed by atoms with Gasteiger partial charge in [-0.1, -0.05) is 13.8 Å². The van der Waals surface area contributed by atoms with Crippen LogP contribution >= 0.6 is 23.1 Å². The molecule has 1 aliphatic rings. The van der Waals surface area contributed by atoms with Crippen LogP contribution in [0.25, 0.3) is 11.3 Å². The molecule has 1 saturated heterocycles. The van der Waals surface area contributed by atoms with Crippen molar-refractivity contribution in [1.29, 1.82) is 0 Å². The normalized spacial score (nSPS) is 18.8. The van der Waals surface area contributed by atoms with E-state index in [1.165, 1.54) is 34.3 Å². The first-order valence-corrected chi connectivity index (χ1v) is 11.6. The maximum Gasteiger partial charge on any atom is 0.305 e. The number of carbonyl (C=O) groups excluding carboxylic acids is 1. The number of carboxylic acid groups (broad SMARTS) is 1. The van der Waals surface area contributed by atoms with Crippen molar-refractivity contribution in [3.05, 3.63) is 52.8 Å². The van der Waals surface area contributed by atoms with E-state index in [0.717, 1.165) is 16.7 Å². The highest BCUT2D eigenvalue weighted by molar-refractivity contribution is 8.01. The smallest absolute Gasteiger partial charge is 0.305 e. The average Bonchev–Trinajstić information content (AvgIpc) is 3.42. The number of carboxylic acids is 1.